The Bertz CT molecular complexity index is 671. The van der Waals surface area contributed by atoms with Gasteiger partial charge in [0, 0.05) is 19.1 Å². The van der Waals surface area contributed by atoms with Gasteiger partial charge >= 0.3 is 5.97 Å². The lowest BCUT2D eigenvalue weighted by molar-refractivity contribution is 0.0600. The zero-order chi connectivity index (χ0) is 15.9. The number of fused-ring (bicyclic) bond motifs is 1. The van der Waals surface area contributed by atoms with Crippen LogP contribution in [0.25, 0.3) is 0 Å². The second kappa shape index (κ2) is 5.64. The fourth-order valence-electron chi connectivity index (χ4n) is 3.49. The third-order valence-corrected chi connectivity index (χ3v) is 6.64. The van der Waals surface area contributed by atoms with Crippen LogP contribution in [0.1, 0.15) is 23.2 Å². The Kier molecular flexibility index (Phi) is 3.96. The number of ether oxygens (including phenoxy) is 1. The fraction of sp³-hybridized carbons (Fsp3) is 0.533. The molecular weight excluding hydrogens is 304 g/mol. The molecule has 6 nitrogen and oxygen atoms in total. The van der Waals surface area contributed by atoms with Gasteiger partial charge < -0.3 is 10.5 Å². The lowest BCUT2D eigenvalue weighted by atomic mass is 9.98. The van der Waals surface area contributed by atoms with Crippen LogP contribution in [0.3, 0.4) is 0 Å². The zero-order valence-electron chi connectivity index (χ0n) is 12.4. The number of hydrogen-bond donors (Lipinski definition) is 1. The summed E-state index contributed by atoms with van der Waals surface area (Å²) in [5.41, 5.74) is 6.39. The van der Waals surface area contributed by atoms with Gasteiger partial charge in [0.25, 0.3) is 0 Å². The van der Waals surface area contributed by atoms with Gasteiger partial charge in [0.2, 0.25) is 10.0 Å². The highest BCUT2D eigenvalue weighted by molar-refractivity contribution is 7.89. The Morgan fingerprint density at radius 3 is 2.50 bits per heavy atom. The molecule has 7 heteroatoms. The molecule has 0 radical (unpaired) electrons. The maximum absolute atomic E-state index is 12.7. The van der Waals surface area contributed by atoms with Gasteiger partial charge in [-0.15, -0.1) is 0 Å². The number of nitrogens with two attached hydrogens (primary N) is 1. The number of carbonyl (C=O) groups is 1. The molecule has 3 atom stereocenters. The van der Waals surface area contributed by atoms with Crippen LogP contribution in [-0.2, 0) is 14.8 Å². The van der Waals surface area contributed by atoms with E-state index < -0.39 is 16.0 Å². The van der Waals surface area contributed by atoms with Crippen LogP contribution in [0.5, 0.6) is 0 Å². The van der Waals surface area contributed by atoms with Gasteiger partial charge in [-0.25, -0.2) is 13.2 Å². The summed E-state index contributed by atoms with van der Waals surface area (Å²) in [5.74, 6) is 0.161. The molecule has 0 amide bonds. The average molecular weight is 324 g/mol. The van der Waals surface area contributed by atoms with E-state index in [-0.39, 0.29) is 16.9 Å². The first kappa shape index (κ1) is 15.5. The zero-order valence-corrected chi connectivity index (χ0v) is 13.3. The SMILES string of the molecule is COC(=O)c1ccc(S(=O)(=O)N2CC3CCC(N)C3C2)cc1. The van der Waals surface area contributed by atoms with Crippen LogP contribution in [0.4, 0.5) is 0 Å². The summed E-state index contributed by atoms with van der Waals surface area (Å²) in [5, 5.41) is 0. The van der Waals surface area contributed by atoms with Crippen molar-refractivity contribution in [3.05, 3.63) is 29.8 Å². The second-order valence-corrected chi connectivity index (χ2v) is 7.94. The lowest BCUT2D eigenvalue weighted by Crippen LogP contribution is -2.33. The van der Waals surface area contributed by atoms with E-state index in [1.165, 1.54) is 35.7 Å². The molecule has 3 unspecified atom stereocenters. The smallest absolute Gasteiger partial charge is 0.337 e. The summed E-state index contributed by atoms with van der Waals surface area (Å²) in [4.78, 5) is 11.6. The Balaban J connectivity index is 1.80. The monoisotopic (exact) mass is 324 g/mol. The Morgan fingerprint density at radius 2 is 1.91 bits per heavy atom. The van der Waals surface area contributed by atoms with Crippen molar-refractivity contribution in [3.8, 4) is 0 Å². The van der Waals surface area contributed by atoms with Crippen molar-refractivity contribution in [1.82, 2.24) is 4.31 Å². The maximum Gasteiger partial charge on any atom is 0.337 e. The first-order valence-corrected chi connectivity index (χ1v) is 8.81. The molecule has 120 valence electrons. The first-order chi connectivity index (χ1) is 10.4. The van der Waals surface area contributed by atoms with Crippen molar-refractivity contribution >= 4 is 16.0 Å². The Hall–Kier alpha value is -1.44. The van der Waals surface area contributed by atoms with Crippen LogP contribution in [0, 0.1) is 11.8 Å². The van der Waals surface area contributed by atoms with E-state index in [1.54, 1.807) is 0 Å². The van der Waals surface area contributed by atoms with E-state index in [1.807, 2.05) is 0 Å². The number of carbonyl (C=O) groups excluding carboxylic acids is 1. The molecule has 1 saturated carbocycles. The normalized spacial score (nSPS) is 28.5. The van der Waals surface area contributed by atoms with E-state index in [0.717, 1.165) is 12.8 Å². The number of nitrogens with zero attached hydrogens (tertiary/aromatic N) is 1. The van der Waals surface area contributed by atoms with Crippen LogP contribution >= 0.6 is 0 Å². The van der Waals surface area contributed by atoms with Gasteiger partial charge in [0.1, 0.15) is 0 Å². The highest BCUT2D eigenvalue weighted by Crippen LogP contribution is 2.39. The molecule has 1 heterocycles. The molecule has 2 aliphatic rings. The summed E-state index contributed by atoms with van der Waals surface area (Å²) < 4.78 is 31.5. The van der Waals surface area contributed by atoms with E-state index >= 15 is 0 Å². The number of sulfonamides is 1. The highest BCUT2D eigenvalue weighted by atomic mass is 32.2. The molecule has 3 rings (SSSR count). The Morgan fingerprint density at radius 1 is 1.23 bits per heavy atom. The molecule has 0 spiro atoms. The maximum atomic E-state index is 12.7. The summed E-state index contributed by atoms with van der Waals surface area (Å²) in [6.07, 6.45) is 1.98. The quantitative estimate of drug-likeness (QED) is 0.832. The van der Waals surface area contributed by atoms with Gasteiger partial charge in [-0.05, 0) is 48.9 Å². The van der Waals surface area contributed by atoms with Crippen LogP contribution < -0.4 is 5.73 Å². The average Bonchev–Trinajstić information content (AvgIpc) is 3.09. The lowest BCUT2D eigenvalue weighted by Gasteiger charge is -2.18. The number of rotatable bonds is 3. The highest BCUT2D eigenvalue weighted by Gasteiger charge is 2.45. The molecule has 1 aliphatic carbocycles. The minimum Gasteiger partial charge on any atom is -0.465 e. The molecule has 2 N–H and O–H groups in total. The van der Waals surface area contributed by atoms with Crippen molar-refractivity contribution in [2.45, 2.75) is 23.8 Å². The summed E-state index contributed by atoms with van der Waals surface area (Å²) in [7, 11) is -2.24. The number of methoxy groups -OCH3 is 1. The molecule has 1 saturated heterocycles. The van der Waals surface area contributed by atoms with Crippen LogP contribution in [0.15, 0.2) is 29.2 Å². The number of esters is 1. The van der Waals surface area contributed by atoms with E-state index in [4.69, 9.17) is 5.73 Å². The minimum atomic E-state index is -3.53. The largest absolute Gasteiger partial charge is 0.465 e. The summed E-state index contributed by atoms with van der Waals surface area (Å²) in [6.45, 7) is 1.03. The molecule has 22 heavy (non-hydrogen) atoms. The molecule has 0 bridgehead atoms. The van der Waals surface area contributed by atoms with E-state index in [0.29, 0.717) is 24.6 Å². The first-order valence-electron chi connectivity index (χ1n) is 7.37. The topological polar surface area (TPSA) is 89.7 Å². The molecular formula is C15H20N2O4S. The van der Waals surface area contributed by atoms with E-state index in [2.05, 4.69) is 4.74 Å². The van der Waals surface area contributed by atoms with Crippen molar-refractivity contribution in [2.75, 3.05) is 20.2 Å². The molecule has 1 aliphatic heterocycles. The fourth-order valence-corrected chi connectivity index (χ4v) is 5.03. The van der Waals surface area contributed by atoms with Crippen molar-refractivity contribution in [2.24, 2.45) is 17.6 Å². The van der Waals surface area contributed by atoms with Gasteiger partial charge in [0.05, 0.1) is 17.6 Å². The van der Waals surface area contributed by atoms with Crippen molar-refractivity contribution < 1.29 is 17.9 Å². The van der Waals surface area contributed by atoms with E-state index in [9.17, 15) is 13.2 Å². The van der Waals surface area contributed by atoms with Gasteiger partial charge in [-0.1, -0.05) is 0 Å². The van der Waals surface area contributed by atoms with Crippen LogP contribution in [-0.4, -0.2) is 44.9 Å². The van der Waals surface area contributed by atoms with Crippen LogP contribution in [0.2, 0.25) is 0 Å². The second-order valence-electron chi connectivity index (χ2n) is 6.00. The van der Waals surface area contributed by atoms with Gasteiger partial charge in [-0.2, -0.15) is 4.31 Å². The Labute approximate surface area is 130 Å². The van der Waals surface area contributed by atoms with Crippen molar-refractivity contribution in [3.63, 3.8) is 0 Å². The molecule has 1 aromatic carbocycles. The van der Waals surface area contributed by atoms with Gasteiger partial charge in [0.15, 0.2) is 0 Å². The van der Waals surface area contributed by atoms with Gasteiger partial charge in [-0.3, -0.25) is 0 Å². The molecule has 2 fully saturated rings. The number of hydrogen-bond acceptors (Lipinski definition) is 5. The summed E-state index contributed by atoms with van der Waals surface area (Å²) >= 11 is 0. The third-order valence-electron chi connectivity index (χ3n) is 4.79. The third kappa shape index (κ3) is 2.53. The number of benzene rings is 1. The standard InChI is InChI=1S/C15H20N2O4S/c1-21-15(18)10-2-5-12(6-3-10)22(19,20)17-8-11-4-7-14(16)13(11)9-17/h2-3,5-6,11,13-14H,4,7-9,16H2,1H3. The molecule has 1 aromatic rings. The predicted molar refractivity (Wildman–Crippen MR) is 80.7 cm³/mol. The molecule has 0 aromatic heterocycles. The predicted octanol–water partition coefficient (Wildman–Crippen LogP) is 0.831. The van der Waals surface area contributed by atoms with Crippen molar-refractivity contribution in [1.29, 1.82) is 0 Å². The summed E-state index contributed by atoms with van der Waals surface area (Å²) in [6, 6.07) is 5.96. The minimum absolute atomic E-state index is 0.104.